The summed E-state index contributed by atoms with van der Waals surface area (Å²) in [6.07, 6.45) is 3.40. The molecule has 0 heterocycles. The second-order valence-corrected chi connectivity index (χ2v) is 5.85. The minimum atomic E-state index is 0.349. The first-order valence-corrected chi connectivity index (χ1v) is 6.43. The highest BCUT2D eigenvalue weighted by Crippen LogP contribution is 2.45. The summed E-state index contributed by atoms with van der Waals surface area (Å²) < 4.78 is 5.50. The van der Waals surface area contributed by atoms with Crippen LogP contribution in [0.1, 0.15) is 43.7 Å². The zero-order chi connectivity index (χ0) is 12.5. The Labute approximate surface area is 104 Å². The molecule has 1 aliphatic carbocycles. The van der Waals surface area contributed by atoms with Crippen LogP contribution >= 0.6 is 0 Å². The summed E-state index contributed by atoms with van der Waals surface area (Å²) in [7, 11) is 1.76. The maximum atomic E-state index is 5.74. The Hall–Kier alpha value is -1.02. The van der Waals surface area contributed by atoms with Crippen molar-refractivity contribution in [3.05, 3.63) is 29.3 Å². The van der Waals surface area contributed by atoms with E-state index < -0.39 is 0 Å². The van der Waals surface area contributed by atoms with E-state index in [-0.39, 0.29) is 0 Å². The monoisotopic (exact) mass is 233 g/mol. The summed E-state index contributed by atoms with van der Waals surface area (Å²) in [5.41, 5.74) is 8.94. The molecule has 1 unspecified atom stereocenters. The molecule has 0 saturated carbocycles. The number of hydrogen-bond acceptors (Lipinski definition) is 2. The van der Waals surface area contributed by atoms with Gasteiger partial charge in [0.2, 0.25) is 0 Å². The number of benzene rings is 1. The van der Waals surface area contributed by atoms with Crippen molar-refractivity contribution in [1.29, 1.82) is 0 Å². The molecular weight excluding hydrogens is 210 g/mol. The van der Waals surface area contributed by atoms with Gasteiger partial charge in [-0.15, -0.1) is 0 Å². The first kappa shape index (κ1) is 12.4. The predicted octanol–water partition coefficient (Wildman–Crippen LogP) is 3.10. The number of nitrogens with two attached hydrogens (primary N) is 1. The number of hydrogen-bond donors (Lipinski definition) is 1. The van der Waals surface area contributed by atoms with Gasteiger partial charge in [0, 0.05) is 0 Å². The molecule has 0 aromatic heterocycles. The fourth-order valence-corrected chi connectivity index (χ4v) is 3.13. The van der Waals surface area contributed by atoms with Crippen LogP contribution in [-0.2, 0) is 6.42 Å². The smallest absolute Gasteiger partial charge is 0.122 e. The molecule has 1 aliphatic rings. The fourth-order valence-electron chi connectivity index (χ4n) is 3.13. The molecule has 2 nitrogen and oxygen atoms in total. The van der Waals surface area contributed by atoms with Gasteiger partial charge in [0.1, 0.15) is 5.75 Å². The Morgan fingerprint density at radius 2 is 2.18 bits per heavy atom. The maximum absolute atomic E-state index is 5.74. The van der Waals surface area contributed by atoms with Gasteiger partial charge in [-0.25, -0.2) is 0 Å². The Morgan fingerprint density at radius 3 is 2.82 bits per heavy atom. The SMILES string of the molecule is COc1cccc2c1CC(C)(C)CC2CCN. The minimum absolute atomic E-state index is 0.349. The Balaban J connectivity index is 2.44. The molecule has 1 atom stereocenters. The van der Waals surface area contributed by atoms with Crippen LogP contribution in [0.2, 0.25) is 0 Å². The van der Waals surface area contributed by atoms with Crippen molar-refractivity contribution in [2.75, 3.05) is 13.7 Å². The molecule has 1 aromatic carbocycles. The van der Waals surface area contributed by atoms with Crippen LogP contribution in [0.3, 0.4) is 0 Å². The predicted molar refractivity (Wildman–Crippen MR) is 71.5 cm³/mol. The Bertz CT molecular complexity index is 398. The zero-order valence-electron chi connectivity index (χ0n) is 11.1. The molecule has 2 heteroatoms. The van der Waals surface area contributed by atoms with Crippen LogP contribution in [0, 0.1) is 5.41 Å². The lowest BCUT2D eigenvalue weighted by Gasteiger charge is -2.37. The fraction of sp³-hybridized carbons (Fsp3) is 0.600. The van der Waals surface area contributed by atoms with Gasteiger partial charge in [-0.3, -0.25) is 0 Å². The third-order valence-electron chi connectivity index (χ3n) is 3.80. The minimum Gasteiger partial charge on any atom is -0.496 e. The van der Waals surface area contributed by atoms with E-state index in [1.807, 2.05) is 0 Å². The standard InChI is InChI=1S/C15H23NO/c1-15(2)9-11(7-8-16)12-5-4-6-14(17-3)13(12)10-15/h4-6,11H,7-10,16H2,1-3H3. The first-order valence-electron chi connectivity index (χ1n) is 6.43. The Kier molecular flexibility index (Phi) is 3.43. The average Bonchev–Trinajstić information content (AvgIpc) is 2.27. The molecule has 0 amide bonds. The molecule has 0 aliphatic heterocycles. The summed E-state index contributed by atoms with van der Waals surface area (Å²) >= 11 is 0. The molecular formula is C15H23NO. The van der Waals surface area contributed by atoms with E-state index in [0.717, 1.165) is 25.1 Å². The van der Waals surface area contributed by atoms with Gasteiger partial charge in [0.25, 0.3) is 0 Å². The summed E-state index contributed by atoms with van der Waals surface area (Å²) in [6, 6.07) is 6.41. The summed E-state index contributed by atoms with van der Waals surface area (Å²) in [4.78, 5) is 0. The second kappa shape index (κ2) is 4.69. The van der Waals surface area contributed by atoms with Crippen molar-refractivity contribution in [3.8, 4) is 5.75 Å². The molecule has 0 bridgehead atoms. The molecule has 0 fully saturated rings. The highest BCUT2D eigenvalue weighted by atomic mass is 16.5. The van der Waals surface area contributed by atoms with E-state index in [1.54, 1.807) is 7.11 Å². The van der Waals surface area contributed by atoms with E-state index in [0.29, 0.717) is 11.3 Å². The van der Waals surface area contributed by atoms with Crippen LogP contribution in [0.4, 0.5) is 0 Å². The number of fused-ring (bicyclic) bond motifs is 1. The Morgan fingerprint density at radius 1 is 1.41 bits per heavy atom. The van der Waals surface area contributed by atoms with Crippen molar-refractivity contribution in [2.24, 2.45) is 11.1 Å². The van der Waals surface area contributed by atoms with Gasteiger partial charge in [0.05, 0.1) is 7.11 Å². The second-order valence-electron chi connectivity index (χ2n) is 5.85. The van der Waals surface area contributed by atoms with Crippen molar-refractivity contribution in [2.45, 2.75) is 39.0 Å². The summed E-state index contributed by atoms with van der Waals surface area (Å²) in [5.74, 6) is 1.63. The van der Waals surface area contributed by atoms with Crippen LogP contribution in [0.5, 0.6) is 5.75 Å². The topological polar surface area (TPSA) is 35.2 Å². The number of ether oxygens (including phenoxy) is 1. The molecule has 0 saturated heterocycles. The third-order valence-corrected chi connectivity index (χ3v) is 3.80. The van der Waals surface area contributed by atoms with Gasteiger partial charge in [-0.05, 0) is 54.3 Å². The molecule has 17 heavy (non-hydrogen) atoms. The normalized spacial score (nSPS) is 22.0. The van der Waals surface area contributed by atoms with Crippen molar-refractivity contribution in [3.63, 3.8) is 0 Å². The lowest BCUT2D eigenvalue weighted by atomic mass is 9.68. The van der Waals surface area contributed by atoms with Crippen molar-refractivity contribution in [1.82, 2.24) is 0 Å². The van der Waals surface area contributed by atoms with E-state index in [4.69, 9.17) is 10.5 Å². The van der Waals surface area contributed by atoms with Gasteiger partial charge in [-0.1, -0.05) is 26.0 Å². The third kappa shape index (κ3) is 2.47. The number of methoxy groups -OCH3 is 1. The first-order chi connectivity index (χ1) is 8.07. The molecule has 94 valence electrons. The van der Waals surface area contributed by atoms with E-state index in [2.05, 4.69) is 32.0 Å². The van der Waals surface area contributed by atoms with Crippen molar-refractivity contribution >= 4 is 0 Å². The van der Waals surface area contributed by atoms with Crippen LogP contribution in [-0.4, -0.2) is 13.7 Å². The van der Waals surface area contributed by atoms with Crippen LogP contribution < -0.4 is 10.5 Å². The van der Waals surface area contributed by atoms with Gasteiger partial charge in [0.15, 0.2) is 0 Å². The molecule has 2 rings (SSSR count). The lowest BCUT2D eigenvalue weighted by Crippen LogP contribution is -2.27. The quantitative estimate of drug-likeness (QED) is 0.870. The molecule has 1 aromatic rings. The summed E-state index contributed by atoms with van der Waals surface area (Å²) in [5, 5.41) is 0. The number of rotatable bonds is 3. The van der Waals surface area contributed by atoms with Crippen LogP contribution in [0.15, 0.2) is 18.2 Å². The molecule has 2 N–H and O–H groups in total. The van der Waals surface area contributed by atoms with Gasteiger partial charge >= 0.3 is 0 Å². The lowest BCUT2D eigenvalue weighted by molar-refractivity contribution is 0.268. The van der Waals surface area contributed by atoms with E-state index in [9.17, 15) is 0 Å². The van der Waals surface area contributed by atoms with E-state index in [1.165, 1.54) is 17.5 Å². The van der Waals surface area contributed by atoms with Gasteiger partial charge in [-0.2, -0.15) is 0 Å². The highest BCUT2D eigenvalue weighted by Gasteiger charge is 2.33. The average molecular weight is 233 g/mol. The van der Waals surface area contributed by atoms with Gasteiger partial charge < -0.3 is 10.5 Å². The van der Waals surface area contributed by atoms with Crippen molar-refractivity contribution < 1.29 is 4.74 Å². The maximum Gasteiger partial charge on any atom is 0.122 e. The molecule has 0 spiro atoms. The molecule has 0 radical (unpaired) electrons. The van der Waals surface area contributed by atoms with E-state index >= 15 is 0 Å². The van der Waals surface area contributed by atoms with Crippen LogP contribution in [0.25, 0.3) is 0 Å². The largest absolute Gasteiger partial charge is 0.496 e. The highest BCUT2D eigenvalue weighted by molar-refractivity contribution is 5.44. The zero-order valence-corrected chi connectivity index (χ0v) is 11.1. The summed E-state index contributed by atoms with van der Waals surface area (Å²) in [6.45, 7) is 5.44.